The number of anilines is 1. The van der Waals surface area contributed by atoms with Gasteiger partial charge in [-0.15, -0.1) is 0 Å². The average molecular weight is 344 g/mol. The van der Waals surface area contributed by atoms with E-state index < -0.39 is 0 Å². The summed E-state index contributed by atoms with van der Waals surface area (Å²) < 4.78 is 10.2. The Morgan fingerprint density at radius 1 is 1.32 bits per heavy atom. The van der Waals surface area contributed by atoms with E-state index in [9.17, 15) is 0 Å². The van der Waals surface area contributed by atoms with Crippen LogP contribution in [-0.2, 0) is 17.8 Å². The van der Waals surface area contributed by atoms with Gasteiger partial charge in [0.1, 0.15) is 17.8 Å². The number of aromatic nitrogens is 2. The third-order valence-corrected chi connectivity index (χ3v) is 4.06. The number of nitrogens with one attached hydrogen (secondary N) is 1. The van der Waals surface area contributed by atoms with Gasteiger partial charge in [0, 0.05) is 46.0 Å². The van der Waals surface area contributed by atoms with Crippen LogP contribution in [0.3, 0.4) is 0 Å². The summed E-state index contributed by atoms with van der Waals surface area (Å²) in [5.74, 6) is 1.79. The van der Waals surface area contributed by atoms with Crippen LogP contribution in [0.15, 0.2) is 40.2 Å². The predicted molar refractivity (Wildman–Crippen MR) is 95.4 cm³/mol. The van der Waals surface area contributed by atoms with Crippen LogP contribution in [0.25, 0.3) is 0 Å². The summed E-state index contributed by atoms with van der Waals surface area (Å²) in [7, 11) is 3.73. The van der Waals surface area contributed by atoms with E-state index in [-0.39, 0.29) is 0 Å². The Balaban J connectivity index is 1.52. The van der Waals surface area contributed by atoms with Crippen LogP contribution in [0.4, 0.5) is 5.82 Å². The molecule has 1 aliphatic rings. The van der Waals surface area contributed by atoms with Crippen LogP contribution in [-0.4, -0.2) is 61.4 Å². The van der Waals surface area contributed by atoms with Gasteiger partial charge in [0.25, 0.3) is 0 Å². The highest BCUT2D eigenvalue weighted by Gasteiger charge is 2.12. The molecule has 8 heteroatoms. The number of morpholine rings is 1. The third-order valence-electron chi connectivity index (χ3n) is 4.06. The summed E-state index contributed by atoms with van der Waals surface area (Å²) in [5.41, 5.74) is 1.97. The normalized spacial score (nSPS) is 15.3. The average Bonchev–Trinajstić information content (AvgIpc) is 3.16. The minimum Gasteiger partial charge on any atom is -0.378 e. The van der Waals surface area contributed by atoms with E-state index >= 15 is 0 Å². The number of rotatable bonds is 5. The van der Waals surface area contributed by atoms with Gasteiger partial charge in [0.05, 0.1) is 19.8 Å². The monoisotopic (exact) mass is 344 g/mol. The van der Waals surface area contributed by atoms with E-state index in [1.54, 1.807) is 13.3 Å². The molecule has 0 atom stereocenters. The summed E-state index contributed by atoms with van der Waals surface area (Å²) in [5, 5.41) is 7.26. The quantitative estimate of drug-likeness (QED) is 0.643. The lowest BCUT2D eigenvalue weighted by molar-refractivity contribution is 0.122. The third kappa shape index (κ3) is 4.69. The molecular formula is C17H24N6O2. The molecule has 1 saturated heterocycles. The summed E-state index contributed by atoms with van der Waals surface area (Å²) in [6, 6.07) is 6.00. The highest BCUT2D eigenvalue weighted by molar-refractivity contribution is 5.79. The van der Waals surface area contributed by atoms with Gasteiger partial charge in [-0.2, -0.15) is 0 Å². The van der Waals surface area contributed by atoms with Crippen molar-refractivity contribution in [1.29, 1.82) is 0 Å². The summed E-state index contributed by atoms with van der Waals surface area (Å²) in [4.78, 5) is 13.1. The van der Waals surface area contributed by atoms with Crippen molar-refractivity contribution in [2.75, 3.05) is 45.3 Å². The first-order chi connectivity index (χ1) is 12.3. The molecular weight excluding hydrogens is 320 g/mol. The summed E-state index contributed by atoms with van der Waals surface area (Å²) >= 11 is 0. The van der Waals surface area contributed by atoms with Crippen molar-refractivity contribution < 1.29 is 9.26 Å². The standard InChI is InChI=1S/C17H24N6O2/c1-18-17(22(2)13-15-5-8-25-21-15)20-12-14-3-4-16(19-11-14)23-6-9-24-10-7-23/h3-5,8,11H,6-7,9-10,12-13H2,1-2H3,(H,18,20). The maximum Gasteiger partial charge on any atom is 0.194 e. The topological polar surface area (TPSA) is 79.0 Å². The number of aliphatic imine (C=N–C) groups is 1. The molecule has 25 heavy (non-hydrogen) atoms. The second-order valence-corrected chi connectivity index (χ2v) is 5.87. The van der Waals surface area contributed by atoms with Gasteiger partial charge in [-0.3, -0.25) is 4.99 Å². The smallest absolute Gasteiger partial charge is 0.194 e. The fourth-order valence-electron chi connectivity index (χ4n) is 2.70. The fourth-order valence-corrected chi connectivity index (χ4v) is 2.70. The van der Waals surface area contributed by atoms with Crippen molar-refractivity contribution in [3.8, 4) is 0 Å². The number of hydrogen-bond donors (Lipinski definition) is 1. The molecule has 0 aliphatic carbocycles. The van der Waals surface area contributed by atoms with Crippen LogP contribution >= 0.6 is 0 Å². The molecule has 3 heterocycles. The van der Waals surface area contributed by atoms with Gasteiger partial charge in [0.15, 0.2) is 5.96 Å². The second kappa shape index (κ2) is 8.48. The summed E-state index contributed by atoms with van der Waals surface area (Å²) in [6.45, 7) is 4.60. The lowest BCUT2D eigenvalue weighted by Gasteiger charge is -2.27. The fraction of sp³-hybridized carbons (Fsp3) is 0.471. The molecule has 0 bridgehead atoms. The van der Waals surface area contributed by atoms with Gasteiger partial charge >= 0.3 is 0 Å². The molecule has 134 valence electrons. The van der Waals surface area contributed by atoms with Crippen molar-refractivity contribution >= 4 is 11.8 Å². The molecule has 3 rings (SSSR count). The van der Waals surface area contributed by atoms with Crippen LogP contribution in [0.2, 0.25) is 0 Å². The van der Waals surface area contributed by atoms with E-state index in [2.05, 4.69) is 37.5 Å². The number of ether oxygens (including phenoxy) is 1. The molecule has 0 radical (unpaired) electrons. The molecule has 0 saturated carbocycles. The molecule has 0 aromatic carbocycles. The van der Waals surface area contributed by atoms with E-state index in [0.29, 0.717) is 13.1 Å². The Labute approximate surface area is 147 Å². The van der Waals surface area contributed by atoms with Gasteiger partial charge in [-0.05, 0) is 11.6 Å². The molecule has 0 spiro atoms. The number of nitrogens with zero attached hydrogens (tertiary/aromatic N) is 5. The van der Waals surface area contributed by atoms with Crippen molar-refractivity contribution in [1.82, 2.24) is 20.4 Å². The second-order valence-electron chi connectivity index (χ2n) is 5.87. The first-order valence-electron chi connectivity index (χ1n) is 8.35. The predicted octanol–water partition coefficient (Wildman–Crippen LogP) is 1.11. The molecule has 1 N–H and O–H groups in total. The number of guanidine groups is 1. The Kier molecular flexibility index (Phi) is 5.84. The first kappa shape index (κ1) is 17.2. The molecule has 8 nitrogen and oxygen atoms in total. The first-order valence-corrected chi connectivity index (χ1v) is 8.35. The zero-order valence-electron chi connectivity index (χ0n) is 14.7. The minimum absolute atomic E-state index is 0.629. The van der Waals surface area contributed by atoms with Crippen LogP contribution in [0, 0.1) is 0 Å². The highest BCUT2D eigenvalue weighted by atomic mass is 16.5. The molecule has 2 aromatic rings. The largest absolute Gasteiger partial charge is 0.378 e. The Bertz CT molecular complexity index is 665. The highest BCUT2D eigenvalue weighted by Crippen LogP contribution is 2.13. The lowest BCUT2D eigenvalue weighted by Crippen LogP contribution is -2.38. The van der Waals surface area contributed by atoms with E-state index in [0.717, 1.165) is 49.3 Å². The van der Waals surface area contributed by atoms with E-state index in [1.807, 2.05) is 24.2 Å². The van der Waals surface area contributed by atoms with Crippen molar-refractivity contribution in [2.24, 2.45) is 4.99 Å². The number of pyridine rings is 1. The number of hydrogen-bond acceptors (Lipinski definition) is 6. The molecule has 0 amide bonds. The van der Waals surface area contributed by atoms with Crippen LogP contribution < -0.4 is 10.2 Å². The van der Waals surface area contributed by atoms with Crippen molar-refractivity contribution in [3.05, 3.63) is 41.9 Å². The molecule has 2 aromatic heterocycles. The Morgan fingerprint density at radius 2 is 2.16 bits per heavy atom. The van der Waals surface area contributed by atoms with Crippen LogP contribution in [0.5, 0.6) is 0 Å². The zero-order chi connectivity index (χ0) is 17.5. The molecule has 1 aliphatic heterocycles. The van der Waals surface area contributed by atoms with E-state index in [1.165, 1.54) is 0 Å². The molecule has 0 unspecified atom stereocenters. The Hall–Kier alpha value is -2.61. The summed E-state index contributed by atoms with van der Waals surface area (Å²) in [6.07, 6.45) is 3.48. The van der Waals surface area contributed by atoms with Crippen LogP contribution in [0.1, 0.15) is 11.3 Å². The SMILES string of the molecule is CN=C(NCc1ccc(N2CCOCC2)nc1)N(C)Cc1ccon1. The Morgan fingerprint density at radius 3 is 2.80 bits per heavy atom. The maximum absolute atomic E-state index is 5.37. The lowest BCUT2D eigenvalue weighted by atomic mass is 10.2. The van der Waals surface area contributed by atoms with Gasteiger partial charge in [-0.1, -0.05) is 11.2 Å². The minimum atomic E-state index is 0.629. The van der Waals surface area contributed by atoms with Crippen molar-refractivity contribution in [2.45, 2.75) is 13.1 Å². The van der Waals surface area contributed by atoms with E-state index in [4.69, 9.17) is 9.26 Å². The van der Waals surface area contributed by atoms with Gasteiger partial charge in [-0.25, -0.2) is 4.98 Å². The van der Waals surface area contributed by atoms with Gasteiger partial charge < -0.3 is 24.4 Å². The maximum atomic E-state index is 5.37. The van der Waals surface area contributed by atoms with Gasteiger partial charge in [0.2, 0.25) is 0 Å². The molecule has 1 fully saturated rings. The zero-order valence-corrected chi connectivity index (χ0v) is 14.7. The van der Waals surface area contributed by atoms with Crippen molar-refractivity contribution in [3.63, 3.8) is 0 Å².